The van der Waals surface area contributed by atoms with Crippen molar-refractivity contribution >= 4 is 23.2 Å². The van der Waals surface area contributed by atoms with E-state index in [1.165, 1.54) is 18.2 Å². The predicted octanol–water partition coefficient (Wildman–Crippen LogP) is 4.71. The van der Waals surface area contributed by atoms with E-state index in [0.717, 1.165) is 31.4 Å². The van der Waals surface area contributed by atoms with E-state index >= 15 is 0 Å². The van der Waals surface area contributed by atoms with Gasteiger partial charge in [-0.15, -0.1) is 0 Å². The second kappa shape index (κ2) is 8.73. The lowest BCUT2D eigenvalue weighted by atomic mass is 10.0. The molecule has 0 N–H and O–H groups in total. The van der Waals surface area contributed by atoms with E-state index in [-0.39, 0.29) is 29.0 Å². The maximum atomic E-state index is 12.8. The van der Waals surface area contributed by atoms with Crippen molar-refractivity contribution in [3.63, 3.8) is 0 Å². The van der Waals surface area contributed by atoms with Crippen LogP contribution in [-0.4, -0.2) is 22.3 Å². The van der Waals surface area contributed by atoms with Crippen molar-refractivity contribution in [1.29, 1.82) is 0 Å². The van der Waals surface area contributed by atoms with Gasteiger partial charge in [-0.3, -0.25) is 14.9 Å². The number of amides is 1. The van der Waals surface area contributed by atoms with E-state index in [1.807, 2.05) is 6.07 Å². The lowest BCUT2D eigenvalue weighted by Gasteiger charge is -2.27. The molecule has 0 spiro atoms. The minimum atomic E-state index is -0.540. The van der Waals surface area contributed by atoms with Crippen molar-refractivity contribution < 1.29 is 18.9 Å². The molecule has 1 aromatic carbocycles. The number of benzene rings is 1. The van der Waals surface area contributed by atoms with E-state index in [0.29, 0.717) is 12.3 Å². The number of halogens is 1. The van der Waals surface area contributed by atoms with Crippen LogP contribution in [0.5, 0.6) is 5.75 Å². The Morgan fingerprint density at radius 2 is 2.19 bits per heavy atom. The molecule has 7 nitrogen and oxygen atoms in total. The van der Waals surface area contributed by atoms with Crippen LogP contribution in [0, 0.1) is 10.1 Å². The summed E-state index contributed by atoms with van der Waals surface area (Å²) in [6, 6.07) is 7.48. The van der Waals surface area contributed by atoms with Gasteiger partial charge in [-0.05, 0) is 43.9 Å². The van der Waals surface area contributed by atoms with E-state index in [1.54, 1.807) is 17.2 Å². The second-order valence-electron chi connectivity index (χ2n) is 6.16. The molecule has 1 aliphatic carbocycles. The van der Waals surface area contributed by atoms with Gasteiger partial charge in [0.25, 0.3) is 11.6 Å². The summed E-state index contributed by atoms with van der Waals surface area (Å²) in [6.45, 7) is 0.102. The Bertz CT molecular complexity index is 848. The smallest absolute Gasteiger partial charge is 0.271 e. The number of carbonyl (C=O) groups is 1. The number of nitro benzene ring substituents is 1. The summed E-state index contributed by atoms with van der Waals surface area (Å²) in [6.07, 6.45) is 7.55. The van der Waals surface area contributed by atoms with E-state index in [9.17, 15) is 14.9 Å². The van der Waals surface area contributed by atoms with Gasteiger partial charge >= 0.3 is 0 Å². The summed E-state index contributed by atoms with van der Waals surface area (Å²) in [5, 5.41) is 10.9. The summed E-state index contributed by atoms with van der Waals surface area (Å²) in [4.78, 5) is 24.7. The molecule has 0 bridgehead atoms. The lowest BCUT2D eigenvalue weighted by Crippen LogP contribution is -2.34. The monoisotopic (exact) mass is 390 g/mol. The average molecular weight is 391 g/mol. The van der Waals surface area contributed by atoms with Crippen LogP contribution < -0.4 is 4.74 Å². The van der Waals surface area contributed by atoms with Crippen molar-refractivity contribution in [3.8, 4) is 5.75 Å². The van der Waals surface area contributed by atoms with Crippen molar-refractivity contribution in [1.82, 2.24) is 4.90 Å². The first-order valence-corrected chi connectivity index (χ1v) is 9.01. The van der Waals surface area contributed by atoms with Crippen molar-refractivity contribution in [2.24, 2.45) is 0 Å². The molecule has 0 fully saturated rings. The molecule has 1 aliphatic rings. The highest BCUT2D eigenvalue weighted by Gasteiger charge is 2.22. The lowest BCUT2D eigenvalue weighted by molar-refractivity contribution is -0.384. The molecule has 1 heterocycles. The zero-order valence-corrected chi connectivity index (χ0v) is 15.4. The number of furan rings is 1. The van der Waals surface area contributed by atoms with Crippen molar-refractivity contribution in [2.75, 3.05) is 6.61 Å². The van der Waals surface area contributed by atoms with Gasteiger partial charge < -0.3 is 14.1 Å². The highest BCUT2D eigenvalue weighted by atomic mass is 35.5. The minimum Gasteiger partial charge on any atom is -0.482 e. The normalized spacial score (nSPS) is 13.7. The maximum absolute atomic E-state index is 12.8. The summed E-state index contributed by atoms with van der Waals surface area (Å²) >= 11 is 6.02. The van der Waals surface area contributed by atoms with Crippen LogP contribution in [0.25, 0.3) is 0 Å². The fourth-order valence-corrected chi connectivity index (χ4v) is 3.14. The largest absolute Gasteiger partial charge is 0.482 e. The Morgan fingerprint density at radius 1 is 1.33 bits per heavy atom. The number of ether oxygens (including phenoxy) is 1. The maximum Gasteiger partial charge on any atom is 0.271 e. The Hall–Kier alpha value is -2.80. The number of carbonyl (C=O) groups excluding carboxylic acids is 1. The summed E-state index contributed by atoms with van der Waals surface area (Å²) in [5.41, 5.74) is 0.825. The molecular weight excluding hydrogens is 372 g/mol. The number of nitro groups is 1. The van der Waals surface area contributed by atoms with Crippen LogP contribution in [0.2, 0.25) is 5.02 Å². The summed E-state index contributed by atoms with van der Waals surface area (Å²) in [7, 11) is 0. The fourth-order valence-electron chi connectivity index (χ4n) is 2.91. The van der Waals surface area contributed by atoms with E-state index in [2.05, 4.69) is 6.08 Å². The van der Waals surface area contributed by atoms with Gasteiger partial charge in [-0.2, -0.15) is 0 Å². The molecule has 0 unspecified atom stereocenters. The minimum absolute atomic E-state index is 0.0893. The number of rotatable bonds is 7. The van der Waals surface area contributed by atoms with Gasteiger partial charge in [0.2, 0.25) is 0 Å². The Balaban J connectivity index is 1.70. The highest BCUT2D eigenvalue weighted by molar-refractivity contribution is 6.32. The van der Waals surface area contributed by atoms with Crippen molar-refractivity contribution in [2.45, 2.75) is 32.2 Å². The van der Waals surface area contributed by atoms with Crippen LogP contribution >= 0.6 is 11.6 Å². The number of hydrogen-bond acceptors (Lipinski definition) is 5. The van der Waals surface area contributed by atoms with Gasteiger partial charge in [0, 0.05) is 17.8 Å². The Labute approximate surface area is 161 Å². The molecule has 1 aromatic heterocycles. The quantitative estimate of drug-likeness (QED) is 0.505. The van der Waals surface area contributed by atoms with Crippen molar-refractivity contribution in [3.05, 3.63) is 69.3 Å². The standard InChI is InChI=1S/C19H19ClN2O5/c20-17-11-15(22(24)25)8-9-18(17)27-13-19(23)21(12-16-7-4-10-26-16)14-5-2-1-3-6-14/h4-5,7-11H,1-3,6,12-13H2. The number of non-ortho nitro benzene ring substituents is 1. The van der Waals surface area contributed by atoms with E-state index in [4.69, 9.17) is 20.8 Å². The van der Waals surface area contributed by atoms with Gasteiger partial charge in [-0.1, -0.05) is 17.7 Å². The molecule has 0 radical (unpaired) electrons. The summed E-state index contributed by atoms with van der Waals surface area (Å²) < 4.78 is 10.9. The Kier molecular flexibility index (Phi) is 6.13. The molecule has 0 atom stereocenters. The molecule has 2 aromatic rings. The first-order chi connectivity index (χ1) is 13.0. The fraction of sp³-hybridized carbons (Fsp3) is 0.316. The van der Waals surface area contributed by atoms with Crippen LogP contribution in [0.4, 0.5) is 5.69 Å². The van der Waals surface area contributed by atoms with Gasteiger partial charge in [0.15, 0.2) is 6.61 Å². The van der Waals surface area contributed by atoms with Gasteiger partial charge in [0.1, 0.15) is 11.5 Å². The molecule has 3 rings (SSSR count). The van der Waals surface area contributed by atoms with Crippen LogP contribution in [0.1, 0.15) is 31.4 Å². The molecule has 0 saturated heterocycles. The SMILES string of the molecule is O=C(COc1ccc([N+](=O)[O-])cc1Cl)N(Cc1ccco1)C1=CCCCC1. The van der Waals surface area contributed by atoms with Crippen LogP contribution in [-0.2, 0) is 11.3 Å². The first kappa shape index (κ1) is 19.0. The molecule has 1 amide bonds. The molecule has 27 heavy (non-hydrogen) atoms. The molecule has 0 saturated carbocycles. The number of allylic oxidation sites excluding steroid dienone is 2. The molecular formula is C19H19ClN2O5. The molecule has 0 aliphatic heterocycles. The van der Waals surface area contributed by atoms with Gasteiger partial charge in [0.05, 0.1) is 22.8 Å². The molecule has 142 valence electrons. The first-order valence-electron chi connectivity index (χ1n) is 8.63. The van der Waals surface area contributed by atoms with Crippen LogP contribution in [0.15, 0.2) is 52.8 Å². The predicted molar refractivity (Wildman–Crippen MR) is 99.4 cm³/mol. The second-order valence-corrected chi connectivity index (χ2v) is 6.57. The highest BCUT2D eigenvalue weighted by Crippen LogP contribution is 2.29. The third kappa shape index (κ3) is 4.89. The third-order valence-electron chi connectivity index (χ3n) is 4.29. The zero-order chi connectivity index (χ0) is 19.2. The van der Waals surface area contributed by atoms with Crippen LogP contribution in [0.3, 0.4) is 0 Å². The number of nitrogens with zero attached hydrogens (tertiary/aromatic N) is 2. The zero-order valence-electron chi connectivity index (χ0n) is 14.6. The molecule has 8 heteroatoms. The van der Waals surface area contributed by atoms with E-state index < -0.39 is 4.92 Å². The third-order valence-corrected chi connectivity index (χ3v) is 4.58. The Morgan fingerprint density at radius 3 is 2.81 bits per heavy atom. The summed E-state index contributed by atoms with van der Waals surface area (Å²) in [5.74, 6) is 0.684. The van der Waals surface area contributed by atoms with Gasteiger partial charge in [-0.25, -0.2) is 0 Å². The average Bonchev–Trinajstić information content (AvgIpc) is 3.18. The number of hydrogen-bond donors (Lipinski definition) is 0. The topological polar surface area (TPSA) is 85.8 Å².